The molecule has 3 N–H and O–H groups in total. The Morgan fingerprint density at radius 1 is 1.41 bits per heavy atom. The van der Waals surface area contributed by atoms with E-state index in [4.69, 9.17) is 5.84 Å². The zero-order valence-electron chi connectivity index (χ0n) is 9.54. The highest BCUT2D eigenvalue weighted by molar-refractivity contribution is 5.44. The maximum absolute atomic E-state index is 12.3. The Kier molecular flexibility index (Phi) is 4.11. The Morgan fingerprint density at radius 3 is 2.53 bits per heavy atom. The summed E-state index contributed by atoms with van der Waals surface area (Å²) < 4.78 is 37.0. The van der Waals surface area contributed by atoms with Crippen LogP contribution in [0.25, 0.3) is 0 Å². The lowest BCUT2D eigenvalue weighted by Gasteiger charge is -2.23. The molecule has 0 unspecified atom stereocenters. The average molecular weight is 249 g/mol. The lowest BCUT2D eigenvalue weighted by atomic mass is 10.3. The minimum absolute atomic E-state index is 0.0978. The van der Waals surface area contributed by atoms with Crippen LogP contribution in [0, 0.1) is 6.92 Å². The number of hydrogen-bond donors (Lipinski definition) is 2. The fourth-order valence-corrected chi connectivity index (χ4v) is 1.35. The van der Waals surface area contributed by atoms with E-state index in [-0.39, 0.29) is 18.3 Å². The number of nitrogens with two attached hydrogens (primary N) is 1. The van der Waals surface area contributed by atoms with Crippen LogP contribution in [0.2, 0.25) is 0 Å². The largest absolute Gasteiger partial charge is 0.405 e. The second kappa shape index (κ2) is 5.17. The van der Waals surface area contributed by atoms with Crippen LogP contribution in [0.1, 0.15) is 12.6 Å². The van der Waals surface area contributed by atoms with Crippen molar-refractivity contribution >= 4 is 11.8 Å². The predicted octanol–water partition coefficient (Wildman–Crippen LogP) is 1.46. The highest BCUT2D eigenvalue weighted by atomic mass is 19.4. The van der Waals surface area contributed by atoms with E-state index in [1.165, 1.54) is 6.07 Å². The van der Waals surface area contributed by atoms with Gasteiger partial charge in [0, 0.05) is 18.3 Å². The van der Waals surface area contributed by atoms with Crippen molar-refractivity contribution in [3.8, 4) is 0 Å². The summed E-state index contributed by atoms with van der Waals surface area (Å²) in [5.41, 5.74) is 2.76. The Morgan fingerprint density at radius 2 is 2.06 bits per heavy atom. The number of anilines is 2. The first-order chi connectivity index (χ1) is 7.85. The molecule has 1 rings (SSSR count). The van der Waals surface area contributed by atoms with Crippen LogP contribution in [-0.2, 0) is 0 Å². The number of hydrazine groups is 1. The van der Waals surface area contributed by atoms with E-state index in [0.29, 0.717) is 5.69 Å². The number of nitrogens with one attached hydrogen (secondary N) is 1. The maximum Gasteiger partial charge on any atom is 0.405 e. The quantitative estimate of drug-likeness (QED) is 0.624. The highest BCUT2D eigenvalue weighted by Crippen LogP contribution is 2.21. The van der Waals surface area contributed by atoms with Crippen LogP contribution in [0.3, 0.4) is 0 Å². The van der Waals surface area contributed by atoms with Crippen molar-refractivity contribution in [3.05, 3.63) is 11.8 Å². The molecule has 1 aromatic heterocycles. The number of alkyl halides is 3. The van der Waals surface area contributed by atoms with Crippen molar-refractivity contribution in [2.24, 2.45) is 5.84 Å². The summed E-state index contributed by atoms with van der Waals surface area (Å²) in [6.45, 7) is 2.43. The number of halogens is 3. The topological polar surface area (TPSA) is 67.1 Å². The van der Waals surface area contributed by atoms with Gasteiger partial charge in [0.05, 0.1) is 0 Å². The van der Waals surface area contributed by atoms with Gasteiger partial charge in [-0.15, -0.1) is 0 Å². The molecule has 0 radical (unpaired) electrons. The molecule has 0 saturated heterocycles. The monoisotopic (exact) mass is 249 g/mol. The zero-order valence-corrected chi connectivity index (χ0v) is 9.54. The van der Waals surface area contributed by atoms with Gasteiger partial charge in [0.1, 0.15) is 12.4 Å². The molecular weight excluding hydrogens is 235 g/mol. The lowest BCUT2D eigenvalue weighted by Crippen LogP contribution is -2.35. The number of nitrogens with zero attached hydrogens (tertiary/aromatic N) is 3. The second-order valence-corrected chi connectivity index (χ2v) is 3.46. The standard InChI is InChI=1S/C9H14F3N5/c1-3-17(5-9(10,11)12)7-4-6(2)14-8(15-7)16-13/h4H,3,5,13H2,1-2H3,(H,14,15,16). The Bertz CT molecular complexity index is 379. The van der Waals surface area contributed by atoms with Crippen molar-refractivity contribution in [2.45, 2.75) is 20.0 Å². The Labute approximate surface area is 96.8 Å². The van der Waals surface area contributed by atoms with Crippen LogP contribution in [0.4, 0.5) is 24.9 Å². The number of aromatic nitrogens is 2. The van der Waals surface area contributed by atoms with Crippen LogP contribution in [0.5, 0.6) is 0 Å². The fourth-order valence-electron chi connectivity index (χ4n) is 1.35. The van der Waals surface area contributed by atoms with E-state index in [1.54, 1.807) is 13.8 Å². The summed E-state index contributed by atoms with van der Waals surface area (Å²) >= 11 is 0. The zero-order chi connectivity index (χ0) is 13.1. The van der Waals surface area contributed by atoms with Crippen molar-refractivity contribution < 1.29 is 13.2 Å². The van der Waals surface area contributed by atoms with Crippen molar-refractivity contribution in [2.75, 3.05) is 23.4 Å². The summed E-state index contributed by atoms with van der Waals surface area (Å²) in [7, 11) is 0. The van der Waals surface area contributed by atoms with Gasteiger partial charge >= 0.3 is 6.18 Å². The molecule has 0 bridgehead atoms. The molecule has 1 heterocycles. The molecule has 0 fully saturated rings. The molecule has 0 saturated carbocycles. The van der Waals surface area contributed by atoms with Gasteiger partial charge in [0.2, 0.25) is 5.95 Å². The molecule has 0 atom stereocenters. The van der Waals surface area contributed by atoms with Gasteiger partial charge in [-0.25, -0.2) is 10.8 Å². The second-order valence-electron chi connectivity index (χ2n) is 3.46. The fraction of sp³-hybridized carbons (Fsp3) is 0.556. The third-order valence-corrected chi connectivity index (χ3v) is 2.05. The SMILES string of the molecule is CCN(CC(F)(F)F)c1cc(C)nc(NN)n1. The number of nitrogen functional groups attached to an aromatic ring is 1. The summed E-state index contributed by atoms with van der Waals surface area (Å²) in [6.07, 6.45) is -4.27. The number of hydrogen-bond acceptors (Lipinski definition) is 5. The van der Waals surface area contributed by atoms with Gasteiger partial charge in [-0.1, -0.05) is 0 Å². The van der Waals surface area contributed by atoms with Gasteiger partial charge < -0.3 is 4.90 Å². The van der Waals surface area contributed by atoms with Gasteiger partial charge in [-0.05, 0) is 13.8 Å². The van der Waals surface area contributed by atoms with Crippen LogP contribution in [0.15, 0.2) is 6.07 Å². The molecule has 96 valence electrons. The summed E-state index contributed by atoms with van der Waals surface area (Å²) in [4.78, 5) is 8.90. The van der Waals surface area contributed by atoms with Crippen LogP contribution < -0.4 is 16.2 Å². The highest BCUT2D eigenvalue weighted by Gasteiger charge is 2.31. The van der Waals surface area contributed by atoms with E-state index in [2.05, 4.69) is 15.4 Å². The molecular formula is C9H14F3N5. The third-order valence-electron chi connectivity index (χ3n) is 2.05. The Hall–Kier alpha value is -1.57. The van der Waals surface area contributed by atoms with Crippen LogP contribution >= 0.6 is 0 Å². The van der Waals surface area contributed by atoms with Gasteiger partial charge in [0.25, 0.3) is 0 Å². The first-order valence-corrected chi connectivity index (χ1v) is 4.99. The first-order valence-electron chi connectivity index (χ1n) is 4.99. The lowest BCUT2D eigenvalue weighted by molar-refractivity contribution is -0.119. The maximum atomic E-state index is 12.3. The van der Waals surface area contributed by atoms with Crippen molar-refractivity contribution in [3.63, 3.8) is 0 Å². The third kappa shape index (κ3) is 4.06. The minimum Gasteiger partial charge on any atom is -0.348 e. The van der Waals surface area contributed by atoms with E-state index in [9.17, 15) is 13.2 Å². The van der Waals surface area contributed by atoms with E-state index < -0.39 is 12.7 Å². The molecule has 0 aliphatic heterocycles. The molecule has 0 aliphatic rings. The molecule has 5 nitrogen and oxygen atoms in total. The molecule has 0 aliphatic carbocycles. The smallest absolute Gasteiger partial charge is 0.348 e. The summed E-state index contributed by atoms with van der Waals surface area (Å²) in [6, 6.07) is 1.48. The molecule has 1 aromatic rings. The normalized spacial score (nSPS) is 11.4. The van der Waals surface area contributed by atoms with E-state index in [1.807, 2.05) is 0 Å². The van der Waals surface area contributed by atoms with Gasteiger partial charge in [-0.3, -0.25) is 5.43 Å². The summed E-state index contributed by atoms with van der Waals surface area (Å²) in [5, 5.41) is 0. The van der Waals surface area contributed by atoms with Crippen molar-refractivity contribution in [1.29, 1.82) is 0 Å². The molecule has 0 spiro atoms. The number of aryl methyl sites for hydroxylation is 1. The molecule has 17 heavy (non-hydrogen) atoms. The van der Waals surface area contributed by atoms with E-state index >= 15 is 0 Å². The summed E-state index contributed by atoms with van der Waals surface area (Å²) in [5.74, 6) is 5.44. The van der Waals surface area contributed by atoms with E-state index in [0.717, 1.165) is 4.90 Å². The number of rotatable bonds is 4. The van der Waals surface area contributed by atoms with Gasteiger partial charge in [-0.2, -0.15) is 18.2 Å². The average Bonchev–Trinajstić information content (AvgIpc) is 2.23. The van der Waals surface area contributed by atoms with Crippen molar-refractivity contribution in [1.82, 2.24) is 9.97 Å². The molecule has 0 amide bonds. The Balaban J connectivity index is 2.99. The van der Waals surface area contributed by atoms with Crippen LogP contribution in [-0.4, -0.2) is 29.2 Å². The molecule has 8 heteroatoms. The molecule has 0 aromatic carbocycles. The predicted molar refractivity (Wildman–Crippen MR) is 58.5 cm³/mol. The first kappa shape index (κ1) is 13.5. The minimum atomic E-state index is -4.27. The van der Waals surface area contributed by atoms with Gasteiger partial charge in [0.15, 0.2) is 0 Å².